The van der Waals surface area contributed by atoms with Crippen LogP contribution in [0.4, 0.5) is 11.5 Å². The number of nitrogens with zero attached hydrogens (tertiary/aromatic N) is 1. The second-order valence-corrected chi connectivity index (χ2v) is 4.17. The molecule has 2 rings (SSSR count). The first-order valence-corrected chi connectivity index (χ1v) is 5.78. The normalized spacial score (nSPS) is 17.1. The number of nitrogens with one attached hydrogen (secondary N) is 2. The van der Waals surface area contributed by atoms with E-state index in [9.17, 15) is 0 Å². The Labute approximate surface area is 96.4 Å². The first kappa shape index (κ1) is 11.2. The largest absolute Gasteiger partial charge is 0.388 e. The topological polar surface area (TPSA) is 46.2 Å². The highest BCUT2D eigenvalue weighted by molar-refractivity contribution is 5.56. The lowest BCUT2D eigenvalue weighted by Crippen LogP contribution is -2.28. The molecule has 2 N–H and O–H groups in total. The van der Waals surface area contributed by atoms with Crippen LogP contribution in [0.15, 0.2) is 12.3 Å². The molecule has 1 aliphatic rings. The Morgan fingerprint density at radius 3 is 2.81 bits per heavy atom. The fourth-order valence-corrected chi connectivity index (χ4v) is 1.92. The summed E-state index contributed by atoms with van der Waals surface area (Å²) in [6.45, 7) is 3.75. The van der Waals surface area contributed by atoms with Crippen molar-refractivity contribution in [3.05, 3.63) is 17.8 Å². The highest BCUT2D eigenvalue weighted by Gasteiger charge is 2.13. The molecule has 0 aliphatic carbocycles. The average molecular weight is 221 g/mol. The van der Waals surface area contributed by atoms with Gasteiger partial charge in [-0.15, -0.1) is 0 Å². The summed E-state index contributed by atoms with van der Waals surface area (Å²) in [6.07, 6.45) is 4.02. The number of anilines is 2. The molecule has 4 heteroatoms. The van der Waals surface area contributed by atoms with E-state index in [-0.39, 0.29) is 0 Å². The molecule has 16 heavy (non-hydrogen) atoms. The van der Waals surface area contributed by atoms with Crippen molar-refractivity contribution in [1.29, 1.82) is 0 Å². The van der Waals surface area contributed by atoms with Crippen molar-refractivity contribution in [2.45, 2.75) is 25.8 Å². The van der Waals surface area contributed by atoms with Gasteiger partial charge in [0.25, 0.3) is 0 Å². The molecule has 1 aromatic rings. The molecule has 0 bridgehead atoms. The second kappa shape index (κ2) is 5.16. The van der Waals surface area contributed by atoms with Gasteiger partial charge >= 0.3 is 0 Å². The zero-order valence-electron chi connectivity index (χ0n) is 9.92. The minimum Gasteiger partial charge on any atom is -0.388 e. The first-order valence-electron chi connectivity index (χ1n) is 5.78. The minimum absolute atomic E-state index is 0.494. The third-order valence-corrected chi connectivity index (χ3v) is 2.95. The molecule has 88 valence electrons. The fraction of sp³-hybridized carbons (Fsp3) is 0.583. The lowest BCUT2D eigenvalue weighted by molar-refractivity contribution is 0.0904. The summed E-state index contributed by atoms with van der Waals surface area (Å²) in [7, 11) is 1.93. The van der Waals surface area contributed by atoms with Gasteiger partial charge < -0.3 is 15.4 Å². The summed E-state index contributed by atoms with van der Waals surface area (Å²) in [5.41, 5.74) is 2.30. The molecule has 1 fully saturated rings. The molecular weight excluding hydrogens is 202 g/mol. The Bertz CT molecular complexity index is 348. The van der Waals surface area contributed by atoms with Crippen molar-refractivity contribution in [3.63, 3.8) is 0 Å². The molecule has 0 amide bonds. The standard InChI is InChI=1S/C12H19N3O/c1-9-8-14-12(7-11(9)13-2)15-10-3-5-16-6-4-10/h7-8,10H,3-6H2,1-2H3,(H2,13,14,15). The van der Waals surface area contributed by atoms with Crippen LogP contribution in [0.1, 0.15) is 18.4 Å². The van der Waals surface area contributed by atoms with Crippen molar-refractivity contribution in [1.82, 2.24) is 4.98 Å². The van der Waals surface area contributed by atoms with Crippen LogP contribution in [0.5, 0.6) is 0 Å². The molecule has 1 aromatic heterocycles. The monoisotopic (exact) mass is 221 g/mol. The van der Waals surface area contributed by atoms with E-state index in [0.29, 0.717) is 6.04 Å². The Kier molecular flexibility index (Phi) is 3.62. The third-order valence-electron chi connectivity index (χ3n) is 2.95. The molecule has 0 unspecified atom stereocenters. The van der Waals surface area contributed by atoms with Crippen molar-refractivity contribution >= 4 is 11.5 Å². The van der Waals surface area contributed by atoms with E-state index < -0.39 is 0 Å². The van der Waals surface area contributed by atoms with E-state index in [4.69, 9.17) is 4.74 Å². The number of hydrogen-bond acceptors (Lipinski definition) is 4. The molecule has 1 aliphatic heterocycles. The zero-order chi connectivity index (χ0) is 11.4. The number of ether oxygens (including phenoxy) is 1. The van der Waals surface area contributed by atoms with Crippen LogP contribution in [-0.4, -0.2) is 31.3 Å². The van der Waals surface area contributed by atoms with Gasteiger partial charge in [-0.05, 0) is 25.3 Å². The predicted molar refractivity (Wildman–Crippen MR) is 66.0 cm³/mol. The molecule has 4 nitrogen and oxygen atoms in total. The van der Waals surface area contributed by atoms with Crippen LogP contribution < -0.4 is 10.6 Å². The van der Waals surface area contributed by atoms with Crippen molar-refractivity contribution in [2.24, 2.45) is 0 Å². The Hall–Kier alpha value is -1.29. The van der Waals surface area contributed by atoms with E-state index in [0.717, 1.165) is 37.6 Å². The quantitative estimate of drug-likeness (QED) is 0.819. The molecule has 0 saturated carbocycles. The summed E-state index contributed by atoms with van der Waals surface area (Å²) in [5.74, 6) is 0.946. The number of aromatic nitrogens is 1. The van der Waals surface area contributed by atoms with E-state index in [2.05, 4.69) is 28.6 Å². The van der Waals surface area contributed by atoms with Gasteiger partial charge in [-0.3, -0.25) is 0 Å². The molecule has 0 atom stereocenters. The van der Waals surface area contributed by atoms with Gasteiger partial charge in [0.15, 0.2) is 0 Å². The minimum atomic E-state index is 0.494. The van der Waals surface area contributed by atoms with E-state index in [1.54, 1.807) is 0 Å². The zero-order valence-corrected chi connectivity index (χ0v) is 9.92. The fourth-order valence-electron chi connectivity index (χ4n) is 1.92. The van der Waals surface area contributed by atoms with Gasteiger partial charge in [0.1, 0.15) is 5.82 Å². The smallest absolute Gasteiger partial charge is 0.128 e. The van der Waals surface area contributed by atoms with Crippen LogP contribution >= 0.6 is 0 Å². The van der Waals surface area contributed by atoms with Crippen LogP contribution in [0, 0.1) is 6.92 Å². The van der Waals surface area contributed by atoms with Crippen molar-refractivity contribution in [3.8, 4) is 0 Å². The number of hydrogen-bond donors (Lipinski definition) is 2. The molecule has 0 radical (unpaired) electrons. The highest BCUT2D eigenvalue weighted by Crippen LogP contribution is 2.19. The summed E-state index contributed by atoms with van der Waals surface area (Å²) >= 11 is 0. The van der Waals surface area contributed by atoms with Gasteiger partial charge in [0.2, 0.25) is 0 Å². The Morgan fingerprint density at radius 2 is 2.12 bits per heavy atom. The maximum Gasteiger partial charge on any atom is 0.128 e. The summed E-state index contributed by atoms with van der Waals surface area (Å²) in [5, 5.41) is 6.62. The number of pyridine rings is 1. The number of aryl methyl sites for hydroxylation is 1. The second-order valence-electron chi connectivity index (χ2n) is 4.17. The van der Waals surface area contributed by atoms with E-state index in [1.807, 2.05) is 13.2 Å². The van der Waals surface area contributed by atoms with Gasteiger partial charge in [0, 0.05) is 44.3 Å². The lowest BCUT2D eigenvalue weighted by atomic mass is 10.1. The SMILES string of the molecule is CNc1cc(NC2CCOCC2)ncc1C. The van der Waals surface area contributed by atoms with Crippen LogP contribution in [0.25, 0.3) is 0 Å². The average Bonchev–Trinajstić information content (AvgIpc) is 2.33. The van der Waals surface area contributed by atoms with Crippen LogP contribution in [0.2, 0.25) is 0 Å². The molecule has 1 saturated heterocycles. The Balaban J connectivity index is 2.03. The lowest BCUT2D eigenvalue weighted by Gasteiger charge is -2.23. The molecular formula is C12H19N3O. The van der Waals surface area contributed by atoms with Crippen LogP contribution in [-0.2, 0) is 4.74 Å². The van der Waals surface area contributed by atoms with Gasteiger partial charge in [-0.25, -0.2) is 4.98 Å². The maximum absolute atomic E-state index is 5.33. The maximum atomic E-state index is 5.33. The summed E-state index contributed by atoms with van der Waals surface area (Å²) in [6, 6.07) is 2.55. The van der Waals surface area contributed by atoms with Gasteiger partial charge in [-0.2, -0.15) is 0 Å². The molecule has 2 heterocycles. The van der Waals surface area contributed by atoms with Crippen molar-refractivity contribution in [2.75, 3.05) is 30.9 Å². The van der Waals surface area contributed by atoms with Crippen LogP contribution in [0.3, 0.4) is 0 Å². The number of rotatable bonds is 3. The first-order chi connectivity index (χ1) is 7.79. The summed E-state index contributed by atoms with van der Waals surface area (Å²) in [4.78, 5) is 4.39. The summed E-state index contributed by atoms with van der Waals surface area (Å²) < 4.78 is 5.33. The van der Waals surface area contributed by atoms with Gasteiger partial charge in [-0.1, -0.05) is 0 Å². The van der Waals surface area contributed by atoms with Gasteiger partial charge in [0.05, 0.1) is 0 Å². The van der Waals surface area contributed by atoms with E-state index in [1.165, 1.54) is 5.56 Å². The predicted octanol–water partition coefficient (Wildman–Crippen LogP) is 2.02. The van der Waals surface area contributed by atoms with Crippen molar-refractivity contribution < 1.29 is 4.74 Å². The highest BCUT2D eigenvalue weighted by atomic mass is 16.5. The molecule has 0 spiro atoms. The Morgan fingerprint density at radius 1 is 1.38 bits per heavy atom. The third kappa shape index (κ3) is 2.64. The van der Waals surface area contributed by atoms with E-state index >= 15 is 0 Å². The molecule has 0 aromatic carbocycles.